The summed E-state index contributed by atoms with van der Waals surface area (Å²) in [7, 11) is -8.43. The lowest BCUT2D eigenvalue weighted by Crippen LogP contribution is -2.34. The minimum Gasteiger partial charge on any atom is -0.439 e. The number of fused-ring (bicyclic) bond motifs is 2. The molecule has 0 aromatic heterocycles. The van der Waals surface area contributed by atoms with E-state index in [-0.39, 0.29) is 25.1 Å². The van der Waals surface area contributed by atoms with E-state index in [4.69, 9.17) is 9.16 Å². The molecule has 0 radical (unpaired) electrons. The van der Waals surface area contributed by atoms with E-state index in [9.17, 15) is 25.9 Å². The Bertz CT molecular complexity index is 2000. The Morgan fingerprint density at radius 1 is 0.938 bits per heavy atom. The molecule has 0 saturated heterocycles. The third kappa shape index (κ3) is 8.12. The highest BCUT2D eigenvalue weighted by Crippen LogP contribution is 2.42. The first-order chi connectivity index (χ1) is 23.0. The predicted molar refractivity (Wildman–Crippen MR) is 186 cm³/mol. The van der Waals surface area contributed by atoms with Gasteiger partial charge in [0.15, 0.2) is 18.7 Å². The van der Waals surface area contributed by atoms with Crippen molar-refractivity contribution in [3.8, 4) is 16.9 Å². The Balaban J connectivity index is 1.28. The fourth-order valence-electron chi connectivity index (χ4n) is 6.59. The molecule has 10 nitrogen and oxygen atoms in total. The topological polar surface area (TPSA) is 136 Å². The lowest BCUT2D eigenvalue weighted by molar-refractivity contribution is -0.520. The number of amides is 1. The van der Waals surface area contributed by atoms with Gasteiger partial charge in [-0.2, -0.15) is 21.3 Å². The molecule has 6 rings (SSSR count). The number of hydrogen-bond donors (Lipinski definition) is 2. The molecule has 1 aliphatic carbocycles. The van der Waals surface area contributed by atoms with Crippen molar-refractivity contribution in [2.24, 2.45) is 0 Å². The number of ether oxygens (including phenoxy) is 1. The molecule has 48 heavy (non-hydrogen) atoms. The first kappa shape index (κ1) is 33.8. The maximum Gasteiger partial charge on any atom is 0.564 e. The first-order valence-electron chi connectivity index (χ1n) is 16.1. The van der Waals surface area contributed by atoms with Crippen molar-refractivity contribution in [3.63, 3.8) is 0 Å². The largest absolute Gasteiger partial charge is 0.564 e. The number of rotatable bonds is 12. The number of carbonyl (C=O) groups excluding carboxylic acids is 1. The molecule has 3 aromatic rings. The molecule has 2 atom stereocenters. The minimum atomic E-state index is -4.24. The van der Waals surface area contributed by atoms with Crippen molar-refractivity contribution in [3.05, 3.63) is 108 Å². The summed E-state index contributed by atoms with van der Waals surface area (Å²) in [6.07, 6.45) is 7.19. The zero-order valence-corrected chi connectivity index (χ0v) is 28.4. The number of allylic oxidation sites excluding steroid dienone is 2. The van der Waals surface area contributed by atoms with E-state index in [0.717, 1.165) is 41.7 Å². The number of nitrogens with zero attached hydrogens (tertiary/aromatic N) is 2. The monoisotopic (exact) mass is 692 g/mol. The van der Waals surface area contributed by atoms with Crippen molar-refractivity contribution in [2.75, 3.05) is 29.5 Å². The van der Waals surface area contributed by atoms with Gasteiger partial charge in [0.1, 0.15) is 5.75 Å². The lowest BCUT2D eigenvalue weighted by Gasteiger charge is -2.19. The van der Waals surface area contributed by atoms with Gasteiger partial charge in [-0.05, 0) is 53.2 Å². The van der Waals surface area contributed by atoms with Gasteiger partial charge in [0.2, 0.25) is 5.88 Å². The molecule has 2 N–H and O–H groups in total. The van der Waals surface area contributed by atoms with E-state index in [0.29, 0.717) is 36.1 Å². The van der Waals surface area contributed by atoms with Gasteiger partial charge in [-0.3, -0.25) is 9.11 Å². The van der Waals surface area contributed by atoms with Crippen molar-refractivity contribution in [2.45, 2.75) is 51.0 Å². The predicted octanol–water partition coefficient (Wildman–Crippen LogP) is 5.76. The van der Waals surface area contributed by atoms with E-state index in [2.05, 4.69) is 12.1 Å². The van der Waals surface area contributed by atoms with Crippen molar-refractivity contribution < 1.29 is 39.7 Å². The molecule has 2 heterocycles. The minimum absolute atomic E-state index is 0.0145. The Hall–Kier alpha value is -4.10. The van der Waals surface area contributed by atoms with E-state index in [1.807, 2.05) is 90.4 Å². The normalized spacial score (nSPS) is 20.5. The highest BCUT2D eigenvalue weighted by molar-refractivity contribution is 7.86. The SMILES string of the molecule is CCC(=CCC1=[O+]C2CCC(c3ccccc3)CC2=[N+]1CCS(=O)(=O)O)C=C1Oc2ccc(-c3ccccc3)cc2N1CCS(=O)(=O)O. The van der Waals surface area contributed by atoms with Crippen LogP contribution in [-0.2, 0) is 24.7 Å². The van der Waals surface area contributed by atoms with Crippen LogP contribution >= 0.6 is 0 Å². The van der Waals surface area contributed by atoms with Gasteiger partial charge in [0.05, 0.1) is 11.4 Å². The second kappa shape index (κ2) is 14.2. The molecule has 252 valence electrons. The Morgan fingerprint density at radius 2 is 1.65 bits per heavy atom. The van der Waals surface area contributed by atoms with Crippen LogP contribution in [-0.4, -0.2) is 72.8 Å². The van der Waals surface area contributed by atoms with Gasteiger partial charge in [0, 0.05) is 25.5 Å². The van der Waals surface area contributed by atoms with Crippen LogP contribution in [0.25, 0.3) is 11.1 Å². The third-order valence-electron chi connectivity index (χ3n) is 9.04. The molecule has 0 bridgehead atoms. The zero-order valence-electron chi connectivity index (χ0n) is 26.7. The molecule has 12 heteroatoms. The summed E-state index contributed by atoms with van der Waals surface area (Å²) in [5.74, 6) is 1.03. The van der Waals surface area contributed by atoms with Gasteiger partial charge in [0.25, 0.3) is 25.9 Å². The van der Waals surface area contributed by atoms with Crippen LogP contribution in [0.1, 0.15) is 50.5 Å². The fourth-order valence-corrected chi connectivity index (χ4v) is 7.41. The number of hydrogen-bond acceptors (Lipinski definition) is 6. The van der Waals surface area contributed by atoms with Gasteiger partial charge in [-0.25, -0.2) is 0 Å². The number of benzene rings is 3. The molecule has 0 spiro atoms. The van der Waals surface area contributed by atoms with Crippen LogP contribution in [0.4, 0.5) is 5.69 Å². The molecule has 0 amide bonds. The summed E-state index contributed by atoms with van der Waals surface area (Å²) in [6.45, 7) is 2.07. The summed E-state index contributed by atoms with van der Waals surface area (Å²) in [5, 5.41) is 0. The molecule has 3 aromatic carbocycles. The van der Waals surface area contributed by atoms with E-state index >= 15 is 0 Å². The van der Waals surface area contributed by atoms with Crippen molar-refractivity contribution in [1.82, 2.24) is 0 Å². The average Bonchev–Trinajstić information content (AvgIpc) is 3.60. The van der Waals surface area contributed by atoms with Gasteiger partial charge in [-0.1, -0.05) is 79.7 Å². The zero-order chi connectivity index (χ0) is 33.9. The molecule has 3 aliphatic rings. The Morgan fingerprint density at radius 3 is 2.33 bits per heavy atom. The molecular formula is C36H40N2O8S2+2. The fraction of sp³-hybridized carbons (Fsp3) is 0.333. The molecule has 2 unspecified atom stereocenters. The van der Waals surface area contributed by atoms with Crippen molar-refractivity contribution >= 4 is 37.5 Å². The summed E-state index contributed by atoms with van der Waals surface area (Å²) in [4.78, 5) is 1.75. The quantitative estimate of drug-likeness (QED) is 0.139. The first-order valence-corrected chi connectivity index (χ1v) is 19.4. The van der Waals surface area contributed by atoms with Crippen LogP contribution in [0.2, 0.25) is 0 Å². The second-order valence-corrected chi connectivity index (χ2v) is 15.4. The number of anilines is 1. The Labute approximate surface area is 281 Å². The summed E-state index contributed by atoms with van der Waals surface area (Å²) in [6, 6.07) is 25.8. The average molecular weight is 693 g/mol. The van der Waals surface area contributed by atoms with Crippen LogP contribution in [0.3, 0.4) is 0 Å². The van der Waals surface area contributed by atoms with Crippen LogP contribution in [0, 0.1) is 0 Å². The maximum absolute atomic E-state index is 11.8. The lowest BCUT2D eigenvalue weighted by atomic mass is 9.81. The Kier molecular flexibility index (Phi) is 9.98. The van der Waals surface area contributed by atoms with Crippen LogP contribution < -0.4 is 9.64 Å². The van der Waals surface area contributed by atoms with Gasteiger partial charge in [-0.15, -0.1) is 4.58 Å². The summed E-state index contributed by atoms with van der Waals surface area (Å²) in [5.41, 5.74) is 5.79. The second-order valence-electron chi connectivity index (χ2n) is 12.2. The highest BCUT2D eigenvalue weighted by atomic mass is 32.2. The maximum atomic E-state index is 11.8. The highest BCUT2D eigenvalue weighted by Gasteiger charge is 2.51. The van der Waals surface area contributed by atoms with Crippen LogP contribution in [0.15, 0.2) is 102 Å². The molecule has 1 fully saturated rings. The molecular weight excluding hydrogens is 653 g/mol. The third-order valence-corrected chi connectivity index (χ3v) is 10.4. The summed E-state index contributed by atoms with van der Waals surface area (Å²) < 4.78 is 80.8. The van der Waals surface area contributed by atoms with Crippen molar-refractivity contribution in [1.29, 1.82) is 0 Å². The molecule has 2 aliphatic heterocycles. The summed E-state index contributed by atoms with van der Waals surface area (Å²) >= 11 is 0. The standard InChI is InChI=1S/C36H38N2O8S2/c1-2-26(23-36-38(20-22-48(42,43)44)32-25-30(15-17-34(32)46-36)28-11-7-4-8-12-28)13-18-35-37(19-21-47(39,40)41)31-24-29(14-16-33(31)45-35)27-9-5-3-6-10-27/h3-13,15,17,23,25,29,33H,2,14,16,18-22,24H2,1H3/p+2. The van der Waals surface area contributed by atoms with Gasteiger partial charge >= 0.3 is 12.0 Å². The van der Waals surface area contributed by atoms with E-state index in [1.165, 1.54) is 5.56 Å². The molecule has 1 saturated carbocycles. The van der Waals surface area contributed by atoms with Gasteiger partial charge < -0.3 is 9.64 Å². The van der Waals surface area contributed by atoms with E-state index < -0.39 is 31.7 Å². The van der Waals surface area contributed by atoms with E-state index in [1.54, 1.807) is 4.90 Å². The smallest absolute Gasteiger partial charge is 0.439 e. The van der Waals surface area contributed by atoms with Crippen LogP contribution in [0.5, 0.6) is 5.75 Å².